The number of rotatable bonds is 13. The van der Waals surface area contributed by atoms with Crippen LogP contribution in [0.15, 0.2) is 29.4 Å². The lowest BCUT2D eigenvalue weighted by molar-refractivity contribution is -0.145. The molecule has 0 bridgehead atoms. The van der Waals surface area contributed by atoms with Gasteiger partial charge in [-0.05, 0) is 48.1 Å². The van der Waals surface area contributed by atoms with Crippen LogP contribution < -0.4 is 16.0 Å². The summed E-state index contributed by atoms with van der Waals surface area (Å²) in [5.74, 6) is -1.90. The highest BCUT2D eigenvalue weighted by molar-refractivity contribution is 6.38. The van der Waals surface area contributed by atoms with Gasteiger partial charge in [0.1, 0.15) is 12.1 Å². The van der Waals surface area contributed by atoms with Crippen molar-refractivity contribution in [1.82, 2.24) is 20.9 Å². The summed E-state index contributed by atoms with van der Waals surface area (Å²) in [5.41, 5.74) is -0.281. The van der Waals surface area contributed by atoms with E-state index in [1.165, 1.54) is 11.9 Å². The van der Waals surface area contributed by atoms with Crippen molar-refractivity contribution < 1.29 is 28.8 Å². The molecular formula is C35H50ClN5O6. The number of amides is 4. The van der Waals surface area contributed by atoms with Crippen molar-refractivity contribution in [3.63, 3.8) is 0 Å². The molecule has 1 saturated heterocycles. The van der Waals surface area contributed by atoms with E-state index in [1.54, 1.807) is 12.1 Å². The van der Waals surface area contributed by atoms with Gasteiger partial charge in [0.2, 0.25) is 23.5 Å². The van der Waals surface area contributed by atoms with E-state index in [1.807, 2.05) is 39.8 Å². The summed E-state index contributed by atoms with van der Waals surface area (Å²) in [6.45, 7) is 11.9. The van der Waals surface area contributed by atoms with Crippen LogP contribution >= 0.6 is 11.6 Å². The van der Waals surface area contributed by atoms with Crippen molar-refractivity contribution in [3.05, 3.63) is 34.9 Å². The molecule has 2 heterocycles. The Bertz CT molecular complexity index is 1400. The number of hydrogen-bond acceptors (Lipinski definition) is 7. The van der Waals surface area contributed by atoms with E-state index < -0.39 is 52.6 Å². The molecule has 4 rings (SSSR count). The second-order valence-corrected chi connectivity index (χ2v) is 15.6. The summed E-state index contributed by atoms with van der Waals surface area (Å²) in [6.07, 6.45) is 3.77. The molecule has 1 aromatic carbocycles. The average Bonchev–Trinajstić information content (AvgIpc) is 3.59. The van der Waals surface area contributed by atoms with Crippen molar-refractivity contribution in [1.29, 1.82) is 0 Å². The van der Waals surface area contributed by atoms with Gasteiger partial charge in [0.05, 0.1) is 18.3 Å². The number of carbonyl (C=O) groups is 5. The van der Waals surface area contributed by atoms with Gasteiger partial charge < -0.3 is 25.7 Å². The van der Waals surface area contributed by atoms with Gasteiger partial charge >= 0.3 is 0 Å². The van der Waals surface area contributed by atoms with Crippen LogP contribution in [0.1, 0.15) is 92.1 Å². The summed E-state index contributed by atoms with van der Waals surface area (Å²) >= 11 is 6.23. The fraction of sp³-hybridized carbons (Fsp3) is 0.657. The second-order valence-electron chi connectivity index (χ2n) is 15.2. The molecule has 1 spiro atoms. The first-order valence-electron chi connectivity index (χ1n) is 16.7. The molecule has 0 radical (unpaired) electrons. The van der Waals surface area contributed by atoms with Gasteiger partial charge in [-0.2, -0.15) is 0 Å². The van der Waals surface area contributed by atoms with E-state index >= 15 is 0 Å². The van der Waals surface area contributed by atoms with Crippen LogP contribution in [0.5, 0.6) is 0 Å². The summed E-state index contributed by atoms with van der Waals surface area (Å²) in [5, 5.41) is 13.0. The molecule has 2 fully saturated rings. The number of ketones is 1. The molecule has 5 atom stereocenters. The predicted molar refractivity (Wildman–Crippen MR) is 180 cm³/mol. The van der Waals surface area contributed by atoms with Gasteiger partial charge in [-0.1, -0.05) is 83.3 Å². The van der Waals surface area contributed by atoms with E-state index in [0.29, 0.717) is 29.5 Å². The van der Waals surface area contributed by atoms with Crippen molar-refractivity contribution in [3.8, 4) is 0 Å². The Morgan fingerprint density at radius 2 is 1.81 bits per heavy atom. The van der Waals surface area contributed by atoms with Crippen molar-refractivity contribution in [2.75, 3.05) is 13.6 Å². The summed E-state index contributed by atoms with van der Waals surface area (Å²) in [4.78, 5) is 74.6. The average molecular weight is 672 g/mol. The molecule has 3 aliphatic rings. The van der Waals surface area contributed by atoms with Crippen LogP contribution in [-0.2, 0) is 28.8 Å². The molecular weight excluding hydrogens is 622 g/mol. The molecule has 1 aliphatic carbocycles. The largest absolute Gasteiger partial charge is 0.387 e. The molecule has 258 valence electrons. The third kappa shape index (κ3) is 9.33. The first-order valence-corrected chi connectivity index (χ1v) is 17.1. The molecule has 11 nitrogen and oxygen atoms in total. The van der Waals surface area contributed by atoms with Crippen LogP contribution in [0.3, 0.4) is 0 Å². The number of nitrogens with one attached hydrogen (secondary N) is 3. The maximum Gasteiger partial charge on any atom is 0.289 e. The molecule has 4 amide bonds. The van der Waals surface area contributed by atoms with Crippen LogP contribution in [0.2, 0.25) is 5.02 Å². The molecule has 47 heavy (non-hydrogen) atoms. The number of benzene rings is 1. The number of carbonyl (C=O) groups excluding carboxylic acids is 5. The lowest BCUT2D eigenvalue weighted by Crippen LogP contribution is -2.59. The first kappa shape index (κ1) is 36.4. The highest BCUT2D eigenvalue weighted by Gasteiger charge is 2.55. The zero-order valence-corrected chi connectivity index (χ0v) is 29.4. The minimum Gasteiger partial charge on any atom is -0.387 e. The molecule has 12 heteroatoms. The van der Waals surface area contributed by atoms with Gasteiger partial charge in [-0.25, -0.2) is 0 Å². The Kier molecular flexibility index (Phi) is 11.4. The van der Waals surface area contributed by atoms with Gasteiger partial charge in [0.25, 0.3) is 5.91 Å². The predicted octanol–water partition coefficient (Wildman–Crippen LogP) is 4.01. The van der Waals surface area contributed by atoms with E-state index in [-0.39, 0.29) is 37.1 Å². The van der Waals surface area contributed by atoms with Gasteiger partial charge in [-0.3, -0.25) is 24.0 Å². The minimum atomic E-state index is -1.03. The molecule has 0 unspecified atom stereocenters. The topological polar surface area (TPSA) is 146 Å². The minimum absolute atomic E-state index is 0.0420. The molecule has 1 saturated carbocycles. The Morgan fingerprint density at radius 1 is 1.11 bits per heavy atom. The van der Waals surface area contributed by atoms with Crippen LogP contribution in [0.25, 0.3) is 0 Å². The monoisotopic (exact) mass is 671 g/mol. The first-order chi connectivity index (χ1) is 22.0. The number of hydrogen-bond donors (Lipinski definition) is 3. The number of Topliss-reactive ketones (excluding diaryl/α,β-unsaturated/α-hetero) is 1. The van der Waals surface area contributed by atoms with Crippen LogP contribution in [-0.4, -0.2) is 77.3 Å². The Balaban J connectivity index is 1.61. The fourth-order valence-corrected chi connectivity index (χ4v) is 6.85. The van der Waals surface area contributed by atoms with E-state index in [0.717, 1.165) is 24.8 Å². The number of likely N-dealkylation sites (tertiary alicyclic amines) is 1. The standard InChI is InChI=1S/C35H50ClN5O6/c1-20(2)13-21(3)14-28(42)39-30(34(4,5)6)33(46)41-19-35(17-26(40-47-35)23-9-8-10-24(36)16-23)18-27(41)31(44)38-25(15-22-11-12-22)29(43)32(45)37-7/h8-10,16,20-22,25,27,30H,11-15,17-19H2,1-7H3,(H,37,45)(H,38,44)(H,39,42)/t21-,25-,27-,30+,35+/m0/s1. The van der Waals surface area contributed by atoms with Crippen molar-refractivity contribution in [2.24, 2.45) is 28.3 Å². The van der Waals surface area contributed by atoms with Gasteiger partial charge in [0, 0.05) is 36.9 Å². The van der Waals surface area contributed by atoms with Gasteiger partial charge in [0.15, 0.2) is 5.60 Å². The Labute approximate surface area is 282 Å². The SMILES string of the molecule is CNC(=O)C(=O)[C@H](CC1CC1)NC(=O)[C@@H]1C[C@]2(CC(c3cccc(Cl)c3)=NO2)CN1C(=O)[C@@H](NC(=O)C[C@@H](C)CC(C)C)C(C)(C)C. The highest BCUT2D eigenvalue weighted by Crippen LogP contribution is 2.40. The lowest BCUT2D eigenvalue weighted by Gasteiger charge is -2.36. The van der Waals surface area contributed by atoms with Gasteiger partial charge in [-0.15, -0.1) is 0 Å². The Morgan fingerprint density at radius 3 is 2.40 bits per heavy atom. The fourth-order valence-electron chi connectivity index (χ4n) is 6.66. The zero-order chi connectivity index (χ0) is 34.7. The quantitative estimate of drug-likeness (QED) is 0.270. The summed E-state index contributed by atoms with van der Waals surface area (Å²) < 4.78 is 0. The number of likely N-dealkylation sites (N-methyl/N-ethyl adjacent to an activating group) is 1. The Hall–Kier alpha value is -3.47. The van der Waals surface area contributed by atoms with E-state index in [9.17, 15) is 24.0 Å². The smallest absolute Gasteiger partial charge is 0.289 e. The molecule has 3 N–H and O–H groups in total. The molecule has 2 aliphatic heterocycles. The molecule has 1 aromatic rings. The van der Waals surface area contributed by atoms with E-state index in [4.69, 9.17) is 16.4 Å². The number of nitrogens with zero attached hydrogens (tertiary/aromatic N) is 2. The maximum absolute atomic E-state index is 14.5. The second kappa shape index (κ2) is 14.7. The van der Waals surface area contributed by atoms with Crippen LogP contribution in [0, 0.1) is 23.2 Å². The third-order valence-corrected chi connectivity index (χ3v) is 9.39. The maximum atomic E-state index is 14.5. The number of oxime groups is 1. The molecule has 0 aromatic heterocycles. The van der Waals surface area contributed by atoms with E-state index in [2.05, 4.69) is 35.0 Å². The summed E-state index contributed by atoms with van der Waals surface area (Å²) in [6, 6.07) is 4.24. The van der Waals surface area contributed by atoms with Crippen molar-refractivity contribution in [2.45, 2.75) is 110 Å². The highest BCUT2D eigenvalue weighted by atomic mass is 35.5. The lowest BCUT2D eigenvalue weighted by atomic mass is 9.85. The number of halogens is 1. The van der Waals surface area contributed by atoms with Crippen molar-refractivity contribution >= 4 is 46.7 Å². The third-order valence-electron chi connectivity index (χ3n) is 9.16. The zero-order valence-electron chi connectivity index (χ0n) is 28.7. The summed E-state index contributed by atoms with van der Waals surface area (Å²) in [7, 11) is 1.37. The van der Waals surface area contributed by atoms with Crippen LogP contribution in [0.4, 0.5) is 0 Å². The normalized spacial score (nSPS) is 22.7.